The summed E-state index contributed by atoms with van der Waals surface area (Å²) in [4.78, 5) is 16.3. The van der Waals surface area contributed by atoms with Crippen molar-refractivity contribution >= 4 is 17.5 Å². The number of hydrogen-bond acceptors (Lipinski definition) is 4. The molecule has 1 atom stereocenters. The summed E-state index contributed by atoms with van der Waals surface area (Å²) in [6.07, 6.45) is 3.92. The van der Waals surface area contributed by atoms with Gasteiger partial charge in [0.1, 0.15) is 0 Å². The number of thioether (sulfide) groups is 1. The second-order valence-electron chi connectivity index (χ2n) is 6.61. The molecule has 3 rings (SSSR count). The van der Waals surface area contributed by atoms with Gasteiger partial charge in [0.15, 0.2) is 17.3 Å². The third-order valence-electron chi connectivity index (χ3n) is 4.87. The highest BCUT2D eigenvalue weighted by atomic mass is 32.2. The summed E-state index contributed by atoms with van der Waals surface area (Å²) >= 11 is 1.61. The van der Waals surface area contributed by atoms with Crippen LogP contribution in [0.25, 0.3) is 0 Å². The standard InChI is InChI=1S/C21H24FNO2S/c1-25-19-12-15(9-10-18(19)22)13-23-11-5-6-16(14-23)21(24)17-7-3-4-8-20(17)26-2/h3-4,7-10,12,16H,5-6,11,13-14H2,1-2H3/t16-/m0/s1. The molecular formula is C21H24FNO2S. The fraction of sp³-hybridized carbons (Fsp3) is 0.381. The number of ketones is 1. The van der Waals surface area contributed by atoms with Crippen molar-refractivity contribution in [1.29, 1.82) is 0 Å². The number of ether oxygens (including phenoxy) is 1. The van der Waals surface area contributed by atoms with Crippen LogP contribution < -0.4 is 4.74 Å². The summed E-state index contributed by atoms with van der Waals surface area (Å²) in [7, 11) is 1.47. The molecule has 2 aromatic rings. The number of methoxy groups -OCH3 is 1. The number of hydrogen-bond donors (Lipinski definition) is 0. The molecule has 1 heterocycles. The lowest BCUT2D eigenvalue weighted by molar-refractivity contribution is 0.0808. The van der Waals surface area contributed by atoms with Crippen LogP contribution >= 0.6 is 11.8 Å². The Kier molecular flexibility index (Phi) is 6.33. The van der Waals surface area contributed by atoms with E-state index >= 15 is 0 Å². The van der Waals surface area contributed by atoms with Gasteiger partial charge in [0.25, 0.3) is 0 Å². The van der Waals surface area contributed by atoms with Crippen molar-refractivity contribution in [1.82, 2.24) is 4.90 Å². The Morgan fingerprint density at radius 1 is 1.31 bits per heavy atom. The van der Waals surface area contributed by atoms with Crippen molar-refractivity contribution in [2.45, 2.75) is 24.3 Å². The normalized spacial score (nSPS) is 17.9. The van der Waals surface area contributed by atoms with Crippen LogP contribution in [-0.2, 0) is 6.54 Å². The maximum atomic E-state index is 13.6. The van der Waals surface area contributed by atoms with Crippen LogP contribution in [0.5, 0.6) is 5.75 Å². The van der Waals surface area contributed by atoms with Gasteiger partial charge in [0.05, 0.1) is 7.11 Å². The van der Waals surface area contributed by atoms with Gasteiger partial charge in [-0.15, -0.1) is 11.8 Å². The minimum absolute atomic E-state index is 0.0133. The first-order valence-corrected chi connectivity index (χ1v) is 10.1. The van der Waals surface area contributed by atoms with Gasteiger partial charge in [0.2, 0.25) is 0 Å². The molecule has 1 aliphatic heterocycles. The van der Waals surface area contributed by atoms with E-state index in [1.54, 1.807) is 23.9 Å². The number of rotatable bonds is 6. The van der Waals surface area contributed by atoms with E-state index in [4.69, 9.17) is 4.74 Å². The predicted octanol–water partition coefficient (Wildman–Crippen LogP) is 4.65. The van der Waals surface area contributed by atoms with Crippen LogP contribution in [-0.4, -0.2) is 37.1 Å². The highest BCUT2D eigenvalue weighted by molar-refractivity contribution is 7.98. The molecule has 0 radical (unpaired) electrons. The maximum absolute atomic E-state index is 13.6. The van der Waals surface area contributed by atoms with Crippen LogP contribution in [0.4, 0.5) is 4.39 Å². The maximum Gasteiger partial charge on any atom is 0.168 e. The second kappa shape index (κ2) is 8.69. The topological polar surface area (TPSA) is 29.5 Å². The Morgan fingerprint density at radius 3 is 2.88 bits per heavy atom. The number of nitrogens with zero attached hydrogens (tertiary/aromatic N) is 1. The van der Waals surface area contributed by atoms with Crippen molar-refractivity contribution in [2.24, 2.45) is 5.92 Å². The SMILES string of the molecule is COc1cc(CN2CCC[C@H](C(=O)c3ccccc3SC)C2)ccc1F. The van der Waals surface area contributed by atoms with Gasteiger partial charge < -0.3 is 4.74 Å². The van der Waals surface area contributed by atoms with Crippen LogP contribution in [0.3, 0.4) is 0 Å². The zero-order valence-corrected chi connectivity index (χ0v) is 16.0. The number of piperidine rings is 1. The lowest BCUT2D eigenvalue weighted by atomic mass is 9.89. The first-order valence-electron chi connectivity index (χ1n) is 8.84. The number of carbonyl (C=O) groups is 1. The van der Waals surface area contributed by atoms with Gasteiger partial charge in [-0.05, 0) is 49.4 Å². The molecule has 0 aliphatic carbocycles. The molecular weight excluding hydrogens is 349 g/mol. The summed E-state index contributed by atoms with van der Waals surface area (Å²) in [5.74, 6) is 0.161. The fourth-order valence-corrected chi connectivity index (χ4v) is 4.15. The summed E-state index contributed by atoms with van der Waals surface area (Å²) in [6, 6.07) is 12.8. The number of Topliss-reactive ketones (excluding diaryl/α,β-unsaturated/α-hetero) is 1. The minimum atomic E-state index is -0.350. The van der Waals surface area contributed by atoms with Gasteiger partial charge in [-0.25, -0.2) is 4.39 Å². The Labute approximate surface area is 158 Å². The monoisotopic (exact) mass is 373 g/mol. The lowest BCUT2D eigenvalue weighted by Crippen LogP contribution is -2.38. The van der Waals surface area contributed by atoms with E-state index in [1.807, 2.05) is 30.5 Å². The summed E-state index contributed by atoms with van der Waals surface area (Å²) < 4.78 is 18.7. The quantitative estimate of drug-likeness (QED) is 0.544. The molecule has 0 bridgehead atoms. The molecule has 0 aromatic heterocycles. The summed E-state index contributed by atoms with van der Waals surface area (Å²) in [5.41, 5.74) is 1.83. The molecule has 2 aromatic carbocycles. The Hall–Kier alpha value is -1.85. The van der Waals surface area contributed by atoms with Gasteiger partial charge in [-0.1, -0.05) is 24.3 Å². The van der Waals surface area contributed by atoms with Crippen molar-refractivity contribution in [3.8, 4) is 5.75 Å². The molecule has 0 N–H and O–H groups in total. The molecule has 0 saturated carbocycles. The van der Waals surface area contributed by atoms with E-state index in [9.17, 15) is 9.18 Å². The molecule has 26 heavy (non-hydrogen) atoms. The van der Waals surface area contributed by atoms with E-state index in [2.05, 4.69) is 4.90 Å². The molecule has 3 nitrogen and oxygen atoms in total. The third-order valence-corrected chi connectivity index (χ3v) is 5.67. The van der Waals surface area contributed by atoms with Crippen molar-refractivity contribution < 1.29 is 13.9 Å². The Morgan fingerprint density at radius 2 is 2.12 bits per heavy atom. The molecule has 5 heteroatoms. The first kappa shape index (κ1) is 18.9. The van der Waals surface area contributed by atoms with Crippen molar-refractivity contribution in [3.05, 3.63) is 59.4 Å². The smallest absolute Gasteiger partial charge is 0.168 e. The van der Waals surface area contributed by atoms with Gasteiger partial charge in [-0.3, -0.25) is 9.69 Å². The van der Waals surface area contributed by atoms with E-state index < -0.39 is 0 Å². The zero-order chi connectivity index (χ0) is 18.5. The van der Waals surface area contributed by atoms with E-state index in [-0.39, 0.29) is 23.3 Å². The molecule has 1 aliphatic rings. The predicted molar refractivity (Wildman–Crippen MR) is 104 cm³/mol. The Balaban J connectivity index is 1.70. The van der Waals surface area contributed by atoms with Crippen LogP contribution in [0.15, 0.2) is 47.4 Å². The van der Waals surface area contributed by atoms with Crippen LogP contribution in [0.2, 0.25) is 0 Å². The van der Waals surface area contributed by atoms with Gasteiger partial charge in [-0.2, -0.15) is 0 Å². The highest BCUT2D eigenvalue weighted by Gasteiger charge is 2.27. The second-order valence-corrected chi connectivity index (χ2v) is 7.46. The van der Waals surface area contributed by atoms with Crippen LogP contribution in [0, 0.1) is 11.7 Å². The molecule has 0 unspecified atom stereocenters. The first-order chi connectivity index (χ1) is 12.6. The molecule has 138 valence electrons. The van der Waals surface area contributed by atoms with Gasteiger partial charge in [0, 0.05) is 29.5 Å². The van der Waals surface area contributed by atoms with E-state index in [0.29, 0.717) is 6.54 Å². The molecule has 0 amide bonds. The van der Waals surface area contributed by atoms with Gasteiger partial charge >= 0.3 is 0 Å². The largest absolute Gasteiger partial charge is 0.494 e. The molecule has 1 saturated heterocycles. The fourth-order valence-electron chi connectivity index (χ4n) is 3.54. The van der Waals surface area contributed by atoms with Crippen LogP contribution in [0.1, 0.15) is 28.8 Å². The molecule has 1 fully saturated rings. The average molecular weight is 373 g/mol. The van der Waals surface area contributed by atoms with Crippen molar-refractivity contribution in [3.63, 3.8) is 0 Å². The summed E-state index contributed by atoms with van der Waals surface area (Å²) in [6.45, 7) is 2.39. The summed E-state index contributed by atoms with van der Waals surface area (Å²) in [5, 5.41) is 0. The Bertz CT molecular complexity index is 780. The van der Waals surface area contributed by atoms with Crippen molar-refractivity contribution in [2.75, 3.05) is 26.5 Å². The van der Waals surface area contributed by atoms with E-state index in [1.165, 1.54) is 13.2 Å². The number of halogens is 1. The van der Waals surface area contributed by atoms with E-state index in [0.717, 1.165) is 42.0 Å². The number of carbonyl (C=O) groups excluding carboxylic acids is 1. The highest BCUT2D eigenvalue weighted by Crippen LogP contribution is 2.28. The zero-order valence-electron chi connectivity index (χ0n) is 15.2. The number of likely N-dealkylation sites (tertiary alicyclic amines) is 1. The third kappa shape index (κ3) is 4.27. The average Bonchev–Trinajstić information content (AvgIpc) is 2.69. The lowest BCUT2D eigenvalue weighted by Gasteiger charge is -2.32. The molecule has 0 spiro atoms. The minimum Gasteiger partial charge on any atom is -0.494 e. The number of benzene rings is 2.